The number of nitrogens with zero attached hydrogens (tertiary/aromatic N) is 1. The largest absolute Gasteiger partial charge is 0.367 e. The Morgan fingerprint density at radius 2 is 1.74 bits per heavy atom. The molecule has 2 heteroatoms. The average molecular weight is 319 g/mol. The number of hydrogen-bond acceptors (Lipinski definition) is 0. The molecule has 0 bridgehead atoms. The van der Waals surface area contributed by atoms with Crippen molar-refractivity contribution in [3.8, 4) is 0 Å². The van der Waals surface area contributed by atoms with Crippen LogP contribution >= 0.6 is 0 Å². The van der Waals surface area contributed by atoms with Crippen molar-refractivity contribution in [2.24, 2.45) is 7.05 Å². The van der Waals surface area contributed by atoms with Crippen LogP contribution in [0.5, 0.6) is 0 Å². The summed E-state index contributed by atoms with van der Waals surface area (Å²) < 4.78 is 2.25. The van der Waals surface area contributed by atoms with Gasteiger partial charge in [-0.2, -0.15) is 18.2 Å². The molecule has 1 nitrogen and oxygen atoms in total. The first-order chi connectivity index (χ1) is 8.86. The van der Waals surface area contributed by atoms with Gasteiger partial charge in [0, 0.05) is 45.3 Å². The number of hydrogen-bond donors (Lipinski definition) is 0. The van der Waals surface area contributed by atoms with E-state index in [2.05, 4.69) is 66.2 Å². The van der Waals surface area contributed by atoms with Gasteiger partial charge in [0.15, 0.2) is 0 Å². The molecular weight excluding hydrogens is 307 g/mol. The van der Waals surface area contributed by atoms with Crippen LogP contribution < -0.4 is 0 Å². The molecule has 0 atom stereocenters. The number of benzene rings is 3. The smallest absolute Gasteiger partial charge is 0.0352 e. The summed E-state index contributed by atoms with van der Waals surface area (Å²) in [6.45, 7) is 0. The first-order valence-corrected chi connectivity index (χ1v) is 6.12. The molecule has 0 saturated carbocycles. The molecule has 89 valence electrons. The summed E-state index contributed by atoms with van der Waals surface area (Å²) in [6, 6.07) is 22.3. The quantitative estimate of drug-likeness (QED) is 0.426. The Labute approximate surface area is 137 Å². The average Bonchev–Trinajstić information content (AvgIpc) is 2.73. The minimum absolute atomic E-state index is 0. The van der Waals surface area contributed by atoms with Gasteiger partial charge in [0.25, 0.3) is 0 Å². The molecule has 0 fully saturated rings. The fourth-order valence-electron chi connectivity index (χ4n) is 2.87. The van der Waals surface area contributed by atoms with Crippen molar-refractivity contribution < 1.29 is 32.7 Å². The summed E-state index contributed by atoms with van der Waals surface area (Å²) in [5.41, 5.74) is 2.54. The van der Waals surface area contributed by atoms with Gasteiger partial charge in [-0.25, -0.2) is 0 Å². The molecule has 0 amide bonds. The van der Waals surface area contributed by atoms with Crippen LogP contribution in [0.25, 0.3) is 32.6 Å². The van der Waals surface area contributed by atoms with Gasteiger partial charge in [-0.05, 0) is 22.2 Å². The van der Waals surface area contributed by atoms with Crippen molar-refractivity contribution in [3.05, 3.63) is 60.7 Å². The van der Waals surface area contributed by atoms with Gasteiger partial charge in [0.2, 0.25) is 0 Å². The van der Waals surface area contributed by atoms with Crippen LogP contribution in [-0.4, -0.2) is 4.57 Å². The first-order valence-electron chi connectivity index (χ1n) is 6.12. The van der Waals surface area contributed by atoms with E-state index < -0.39 is 0 Å². The molecule has 0 spiro atoms. The minimum Gasteiger partial charge on any atom is -0.367 e. The molecular formula is C17H12NY-. The summed E-state index contributed by atoms with van der Waals surface area (Å²) >= 11 is 0. The van der Waals surface area contributed by atoms with Gasteiger partial charge in [0.05, 0.1) is 0 Å². The number of aromatic nitrogens is 1. The van der Waals surface area contributed by atoms with E-state index in [1.165, 1.54) is 32.6 Å². The van der Waals surface area contributed by atoms with Crippen LogP contribution in [0.15, 0.2) is 54.6 Å². The Balaban J connectivity index is 0.00000110. The molecule has 1 heterocycles. The first kappa shape index (κ1) is 12.8. The van der Waals surface area contributed by atoms with Gasteiger partial charge in [-0.15, -0.1) is 11.5 Å². The second kappa shape index (κ2) is 4.74. The summed E-state index contributed by atoms with van der Waals surface area (Å²) in [7, 11) is 2.12. The molecule has 1 radical (unpaired) electrons. The van der Waals surface area contributed by atoms with Crippen molar-refractivity contribution in [2.75, 3.05) is 0 Å². The maximum atomic E-state index is 3.19. The third-order valence-corrected chi connectivity index (χ3v) is 3.74. The number of rotatable bonds is 0. The van der Waals surface area contributed by atoms with Crippen LogP contribution in [0.2, 0.25) is 0 Å². The van der Waals surface area contributed by atoms with Crippen LogP contribution in [0.3, 0.4) is 0 Å². The molecule has 4 aromatic rings. The van der Waals surface area contributed by atoms with E-state index in [-0.39, 0.29) is 32.7 Å². The van der Waals surface area contributed by atoms with Crippen LogP contribution in [0, 0.1) is 6.07 Å². The van der Waals surface area contributed by atoms with E-state index in [1.54, 1.807) is 0 Å². The molecule has 19 heavy (non-hydrogen) atoms. The van der Waals surface area contributed by atoms with Crippen molar-refractivity contribution >= 4 is 32.6 Å². The van der Waals surface area contributed by atoms with E-state index in [0.717, 1.165) is 0 Å². The van der Waals surface area contributed by atoms with Gasteiger partial charge >= 0.3 is 0 Å². The minimum atomic E-state index is 0. The van der Waals surface area contributed by atoms with Crippen LogP contribution in [-0.2, 0) is 39.8 Å². The Hall–Kier alpha value is -1.18. The van der Waals surface area contributed by atoms with E-state index in [1.807, 2.05) is 6.07 Å². The molecule has 3 aromatic carbocycles. The third-order valence-electron chi connectivity index (χ3n) is 3.74. The van der Waals surface area contributed by atoms with Crippen molar-refractivity contribution in [2.45, 2.75) is 0 Å². The molecule has 0 unspecified atom stereocenters. The normalized spacial score (nSPS) is 11.0. The Morgan fingerprint density at radius 3 is 2.63 bits per heavy atom. The topological polar surface area (TPSA) is 4.93 Å². The second-order valence-corrected chi connectivity index (χ2v) is 4.68. The summed E-state index contributed by atoms with van der Waals surface area (Å²) in [6.07, 6.45) is 0. The monoisotopic (exact) mass is 319 g/mol. The number of fused-ring (bicyclic) bond motifs is 5. The van der Waals surface area contributed by atoms with Gasteiger partial charge in [0.1, 0.15) is 0 Å². The standard InChI is InChI=1S/C17H12N.Y/c1-18-15-9-5-4-8-14(15)17-13-7-3-2-6-12(13)10-11-16(17)18;/h2-3,5-11H,1H3;/q-1;. The summed E-state index contributed by atoms with van der Waals surface area (Å²) in [5, 5.41) is 5.23. The van der Waals surface area contributed by atoms with E-state index in [9.17, 15) is 0 Å². The maximum absolute atomic E-state index is 3.19. The Bertz CT molecular complexity index is 890. The third kappa shape index (κ3) is 1.76. The van der Waals surface area contributed by atoms with Gasteiger partial charge < -0.3 is 4.57 Å². The van der Waals surface area contributed by atoms with Crippen LogP contribution in [0.1, 0.15) is 0 Å². The zero-order chi connectivity index (χ0) is 12.1. The predicted octanol–water partition coefficient (Wildman–Crippen LogP) is 4.28. The SMILES string of the molecule is Cn1c2cc[c-]cc2c2c3ccccc3ccc21.[Y]. The van der Waals surface area contributed by atoms with E-state index in [0.29, 0.717) is 0 Å². The molecule has 0 saturated heterocycles. The van der Waals surface area contributed by atoms with Crippen molar-refractivity contribution in [1.29, 1.82) is 0 Å². The zero-order valence-electron chi connectivity index (χ0n) is 10.7. The molecule has 0 aliphatic rings. The number of aryl methyl sites for hydroxylation is 1. The van der Waals surface area contributed by atoms with E-state index >= 15 is 0 Å². The molecule has 0 aliphatic heterocycles. The van der Waals surface area contributed by atoms with Crippen molar-refractivity contribution in [1.82, 2.24) is 4.57 Å². The fraction of sp³-hybridized carbons (Fsp3) is 0.0588. The Kier molecular flexibility index (Phi) is 3.20. The summed E-state index contributed by atoms with van der Waals surface area (Å²) in [4.78, 5) is 0. The maximum Gasteiger partial charge on any atom is 0.0352 e. The van der Waals surface area contributed by atoms with Gasteiger partial charge in [-0.3, -0.25) is 0 Å². The summed E-state index contributed by atoms with van der Waals surface area (Å²) in [5.74, 6) is 0. The molecule has 0 N–H and O–H groups in total. The van der Waals surface area contributed by atoms with Crippen LogP contribution in [0.4, 0.5) is 0 Å². The zero-order valence-corrected chi connectivity index (χ0v) is 13.6. The predicted molar refractivity (Wildman–Crippen MR) is 76.8 cm³/mol. The second-order valence-electron chi connectivity index (χ2n) is 4.68. The molecule has 1 aromatic heterocycles. The molecule has 4 rings (SSSR count). The van der Waals surface area contributed by atoms with E-state index in [4.69, 9.17) is 0 Å². The van der Waals surface area contributed by atoms with Crippen molar-refractivity contribution in [3.63, 3.8) is 0 Å². The van der Waals surface area contributed by atoms with Gasteiger partial charge in [-0.1, -0.05) is 35.8 Å². The Morgan fingerprint density at radius 1 is 0.895 bits per heavy atom. The molecule has 0 aliphatic carbocycles. The fourth-order valence-corrected chi connectivity index (χ4v) is 2.87.